The standard InChI is InChI=1S/C16H22N4O/c1-3-12(2)20-16(21)15(9-18)11-19-10-14-6-4-5-13(7-14)8-17/h4-7,11-12,19H,3,8,10,17H2,1-2H3,(H,20,21)/b15-11-. The van der Waals surface area contributed by atoms with E-state index in [2.05, 4.69) is 10.6 Å². The molecule has 0 aromatic heterocycles. The minimum absolute atomic E-state index is 0.0514. The summed E-state index contributed by atoms with van der Waals surface area (Å²) < 4.78 is 0. The van der Waals surface area contributed by atoms with Gasteiger partial charge in [0, 0.05) is 25.3 Å². The molecule has 0 aliphatic rings. The largest absolute Gasteiger partial charge is 0.386 e. The highest BCUT2D eigenvalue weighted by atomic mass is 16.1. The van der Waals surface area contributed by atoms with Crippen LogP contribution in [0.3, 0.4) is 0 Å². The monoisotopic (exact) mass is 286 g/mol. The molecule has 112 valence electrons. The minimum atomic E-state index is -0.352. The molecule has 0 aliphatic heterocycles. The van der Waals surface area contributed by atoms with E-state index in [4.69, 9.17) is 11.0 Å². The van der Waals surface area contributed by atoms with Crippen LogP contribution in [0.25, 0.3) is 0 Å². The first-order chi connectivity index (χ1) is 10.1. The molecular formula is C16H22N4O. The van der Waals surface area contributed by atoms with Gasteiger partial charge in [0.1, 0.15) is 11.6 Å². The maximum Gasteiger partial charge on any atom is 0.263 e. The highest BCUT2D eigenvalue weighted by Crippen LogP contribution is 2.04. The van der Waals surface area contributed by atoms with E-state index in [9.17, 15) is 4.79 Å². The molecule has 0 saturated heterocycles. The third-order valence-electron chi connectivity index (χ3n) is 3.13. The third-order valence-corrected chi connectivity index (χ3v) is 3.13. The summed E-state index contributed by atoms with van der Waals surface area (Å²) in [5.74, 6) is -0.352. The number of amides is 1. The molecule has 1 unspecified atom stereocenters. The van der Waals surface area contributed by atoms with Gasteiger partial charge in [0.25, 0.3) is 5.91 Å². The Morgan fingerprint density at radius 2 is 2.19 bits per heavy atom. The van der Waals surface area contributed by atoms with Crippen molar-refractivity contribution in [2.24, 2.45) is 5.73 Å². The van der Waals surface area contributed by atoms with Crippen molar-refractivity contribution < 1.29 is 4.79 Å². The number of hydrogen-bond acceptors (Lipinski definition) is 4. The molecule has 21 heavy (non-hydrogen) atoms. The summed E-state index contributed by atoms with van der Waals surface area (Å²) in [6, 6.07) is 9.81. The summed E-state index contributed by atoms with van der Waals surface area (Å²) in [5.41, 5.74) is 7.76. The van der Waals surface area contributed by atoms with E-state index in [1.165, 1.54) is 6.20 Å². The average molecular weight is 286 g/mol. The summed E-state index contributed by atoms with van der Waals surface area (Å²) in [5, 5.41) is 14.8. The van der Waals surface area contributed by atoms with E-state index in [0.717, 1.165) is 17.5 Å². The van der Waals surface area contributed by atoms with Gasteiger partial charge in [-0.15, -0.1) is 0 Å². The van der Waals surface area contributed by atoms with Gasteiger partial charge >= 0.3 is 0 Å². The second-order valence-electron chi connectivity index (χ2n) is 4.86. The predicted octanol–water partition coefficient (Wildman–Crippen LogP) is 1.56. The molecule has 5 heteroatoms. The Hall–Kier alpha value is -2.32. The zero-order valence-corrected chi connectivity index (χ0v) is 12.5. The van der Waals surface area contributed by atoms with Crippen LogP contribution in [0.5, 0.6) is 0 Å². The molecule has 5 nitrogen and oxygen atoms in total. The van der Waals surface area contributed by atoms with Crippen LogP contribution in [0.2, 0.25) is 0 Å². The maximum absolute atomic E-state index is 11.8. The lowest BCUT2D eigenvalue weighted by Crippen LogP contribution is -2.33. The molecule has 4 N–H and O–H groups in total. The number of hydrogen-bond donors (Lipinski definition) is 3. The smallest absolute Gasteiger partial charge is 0.263 e. The summed E-state index contributed by atoms with van der Waals surface area (Å²) >= 11 is 0. The van der Waals surface area contributed by atoms with Gasteiger partial charge in [-0.1, -0.05) is 31.2 Å². The molecule has 0 fully saturated rings. The van der Waals surface area contributed by atoms with Crippen molar-refractivity contribution in [2.75, 3.05) is 0 Å². The first kappa shape index (κ1) is 16.7. The SMILES string of the molecule is CCC(C)NC(=O)/C(C#N)=C\NCc1cccc(CN)c1. The summed E-state index contributed by atoms with van der Waals surface area (Å²) in [6.45, 7) is 4.90. The summed E-state index contributed by atoms with van der Waals surface area (Å²) in [6.07, 6.45) is 2.27. The van der Waals surface area contributed by atoms with Gasteiger partial charge in [-0.05, 0) is 24.5 Å². The Morgan fingerprint density at radius 3 is 2.81 bits per heavy atom. The van der Waals surface area contributed by atoms with E-state index in [1.807, 2.05) is 44.2 Å². The Bertz CT molecular complexity index is 545. The van der Waals surface area contributed by atoms with Crippen molar-refractivity contribution in [2.45, 2.75) is 39.4 Å². The summed E-state index contributed by atoms with van der Waals surface area (Å²) in [7, 11) is 0. The number of nitrogens with zero attached hydrogens (tertiary/aromatic N) is 1. The van der Waals surface area contributed by atoms with Crippen molar-refractivity contribution in [3.05, 3.63) is 47.2 Å². The highest BCUT2D eigenvalue weighted by Gasteiger charge is 2.10. The van der Waals surface area contributed by atoms with E-state index in [-0.39, 0.29) is 17.5 Å². The number of carbonyl (C=O) groups excluding carboxylic acids is 1. The molecule has 1 amide bonds. The molecule has 1 aromatic carbocycles. The second kappa shape index (κ2) is 8.77. The lowest BCUT2D eigenvalue weighted by molar-refractivity contribution is -0.117. The fourth-order valence-electron chi connectivity index (χ4n) is 1.69. The first-order valence-corrected chi connectivity index (χ1v) is 7.03. The minimum Gasteiger partial charge on any atom is -0.386 e. The number of nitrogens with two attached hydrogens (primary N) is 1. The number of nitrogens with one attached hydrogen (secondary N) is 2. The molecule has 1 rings (SSSR count). The zero-order chi connectivity index (χ0) is 15.7. The van der Waals surface area contributed by atoms with E-state index < -0.39 is 0 Å². The highest BCUT2D eigenvalue weighted by molar-refractivity contribution is 5.97. The van der Waals surface area contributed by atoms with Crippen molar-refractivity contribution in [3.8, 4) is 6.07 Å². The molecular weight excluding hydrogens is 264 g/mol. The maximum atomic E-state index is 11.8. The van der Waals surface area contributed by atoms with Gasteiger partial charge < -0.3 is 16.4 Å². The van der Waals surface area contributed by atoms with Crippen molar-refractivity contribution in [1.29, 1.82) is 5.26 Å². The van der Waals surface area contributed by atoms with E-state index in [1.54, 1.807) is 0 Å². The Labute approximate surface area is 125 Å². The molecule has 0 spiro atoms. The average Bonchev–Trinajstić information content (AvgIpc) is 2.51. The fourth-order valence-corrected chi connectivity index (χ4v) is 1.69. The summed E-state index contributed by atoms with van der Waals surface area (Å²) in [4.78, 5) is 11.8. The van der Waals surface area contributed by atoms with E-state index >= 15 is 0 Å². The van der Waals surface area contributed by atoms with Crippen LogP contribution in [0.4, 0.5) is 0 Å². The topological polar surface area (TPSA) is 90.9 Å². The van der Waals surface area contributed by atoms with Gasteiger partial charge in [0.05, 0.1) is 0 Å². The Morgan fingerprint density at radius 1 is 1.48 bits per heavy atom. The van der Waals surface area contributed by atoms with Crippen LogP contribution in [0, 0.1) is 11.3 Å². The van der Waals surface area contributed by atoms with Gasteiger partial charge in [0.15, 0.2) is 0 Å². The number of carbonyl (C=O) groups is 1. The molecule has 0 heterocycles. The van der Waals surface area contributed by atoms with Crippen LogP contribution in [0.1, 0.15) is 31.4 Å². The Balaban J connectivity index is 2.60. The van der Waals surface area contributed by atoms with Crippen molar-refractivity contribution in [3.63, 3.8) is 0 Å². The normalized spacial score (nSPS) is 12.4. The van der Waals surface area contributed by atoms with Crippen LogP contribution >= 0.6 is 0 Å². The lowest BCUT2D eigenvalue weighted by Gasteiger charge is -2.10. The van der Waals surface area contributed by atoms with Crippen molar-refractivity contribution in [1.82, 2.24) is 10.6 Å². The number of nitriles is 1. The zero-order valence-electron chi connectivity index (χ0n) is 12.5. The predicted molar refractivity (Wildman–Crippen MR) is 82.8 cm³/mol. The molecule has 0 bridgehead atoms. The molecule has 0 aliphatic carbocycles. The third kappa shape index (κ3) is 5.67. The van der Waals surface area contributed by atoms with E-state index in [0.29, 0.717) is 13.1 Å². The van der Waals surface area contributed by atoms with Crippen LogP contribution in [-0.4, -0.2) is 11.9 Å². The second-order valence-corrected chi connectivity index (χ2v) is 4.86. The fraction of sp³-hybridized carbons (Fsp3) is 0.375. The molecule has 1 aromatic rings. The van der Waals surface area contributed by atoms with Gasteiger partial charge in [-0.2, -0.15) is 5.26 Å². The van der Waals surface area contributed by atoms with Crippen LogP contribution in [0.15, 0.2) is 36.0 Å². The number of rotatable bonds is 7. The molecule has 0 radical (unpaired) electrons. The number of benzene rings is 1. The van der Waals surface area contributed by atoms with Gasteiger partial charge in [-0.25, -0.2) is 0 Å². The van der Waals surface area contributed by atoms with Gasteiger partial charge in [0.2, 0.25) is 0 Å². The lowest BCUT2D eigenvalue weighted by atomic mass is 10.1. The first-order valence-electron chi connectivity index (χ1n) is 7.03. The molecule has 1 atom stereocenters. The van der Waals surface area contributed by atoms with Gasteiger partial charge in [-0.3, -0.25) is 4.79 Å². The van der Waals surface area contributed by atoms with Crippen LogP contribution in [-0.2, 0) is 17.9 Å². The van der Waals surface area contributed by atoms with Crippen LogP contribution < -0.4 is 16.4 Å². The van der Waals surface area contributed by atoms with Crippen molar-refractivity contribution >= 4 is 5.91 Å². The molecule has 0 saturated carbocycles. The quantitative estimate of drug-likeness (QED) is 0.524. The Kier molecular flexibility index (Phi) is 6.99.